The second kappa shape index (κ2) is 9.85. The van der Waals surface area contributed by atoms with Crippen molar-refractivity contribution >= 4 is 0 Å². The van der Waals surface area contributed by atoms with E-state index in [-0.39, 0.29) is 18.2 Å². The van der Waals surface area contributed by atoms with Gasteiger partial charge in [0.05, 0.1) is 7.11 Å². The van der Waals surface area contributed by atoms with E-state index in [9.17, 15) is 8.78 Å². The standard InChI is InChI=1S/C23H23F2NO2/c1-27-23-14-18(15-26-13-12-17-6-9-20(24)10-7-17)8-11-22(23)28-16-19-4-2-3-5-21(19)25/h2-11,14,26H,12-13,15-16H2,1H3. The summed E-state index contributed by atoms with van der Waals surface area (Å²) in [5, 5.41) is 3.36. The fraction of sp³-hybridized carbons (Fsp3) is 0.217. The van der Waals surface area contributed by atoms with Crippen molar-refractivity contribution < 1.29 is 18.3 Å². The predicted molar refractivity (Wildman–Crippen MR) is 106 cm³/mol. The highest BCUT2D eigenvalue weighted by atomic mass is 19.1. The predicted octanol–water partition coefficient (Wildman–Crippen LogP) is 4.88. The summed E-state index contributed by atoms with van der Waals surface area (Å²) in [4.78, 5) is 0. The van der Waals surface area contributed by atoms with Crippen molar-refractivity contribution in [2.75, 3.05) is 13.7 Å². The monoisotopic (exact) mass is 383 g/mol. The third-order valence-corrected chi connectivity index (χ3v) is 4.40. The van der Waals surface area contributed by atoms with Crippen molar-refractivity contribution in [3.05, 3.63) is 95.1 Å². The second-order valence-corrected chi connectivity index (χ2v) is 6.42. The first kappa shape index (κ1) is 19.8. The summed E-state index contributed by atoms with van der Waals surface area (Å²) in [6.45, 7) is 1.59. The number of hydrogen-bond donors (Lipinski definition) is 1. The fourth-order valence-corrected chi connectivity index (χ4v) is 2.83. The van der Waals surface area contributed by atoms with Crippen LogP contribution in [-0.2, 0) is 19.6 Å². The van der Waals surface area contributed by atoms with Gasteiger partial charge in [0.25, 0.3) is 0 Å². The van der Waals surface area contributed by atoms with Crippen molar-refractivity contribution in [1.82, 2.24) is 5.32 Å². The largest absolute Gasteiger partial charge is 0.493 e. The van der Waals surface area contributed by atoms with Crippen LogP contribution < -0.4 is 14.8 Å². The minimum absolute atomic E-state index is 0.137. The van der Waals surface area contributed by atoms with Crippen molar-refractivity contribution in [2.24, 2.45) is 0 Å². The van der Waals surface area contributed by atoms with Gasteiger partial charge >= 0.3 is 0 Å². The number of hydrogen-bond acceptors (Lipinski definition) is 3. The minimum atomic E-state index is -0.288. The lowest BCUT2D eigenvalue weighted by atomic mass is 10.1. The molecule has 0 saturated heterocycles. The number of nitrogens with one attached hydrogen (secondary N) is 1. The van der Waals surface area contributed by atoms with Gasteiger partial charge in [-0.25, -0.2) is 8.78 Å². The molecule has 0 amide bonds. The van der Waals surface area contributed by atoms with Crippen LogP contribution in [0.25, 0.3) is 0 Å². The summed E-state index contributed by atoms with van der Waals surface area (Å²) in [5.74, 6) is 0.666. The zero-order valence-corrected chi connectivity index (χ0v) is 15.8. The molecule has 0 fully saturated rings. The molecule has 3 aromatic rings. The van der Waals surface area contributed by atoms with E-state index in [1.54, 1.807) is 37.4 Å². The Labute approximate surface area is 163 Å². The summed E-state index contributed by atoms with van der Waals surface area (Å²) in [6, 6.07) is 18.8. The van der Waals surface area contributed by atoms with E-state index in [1.807, 2.05) is 18.2 Å². The highest BCUT2D eigenvalue weighted by Crippen LogP contribution is 2.29. The Morgan fingerprint density at radius 1 is 0.857 bits per heavy atom. The number of ether oxygens (including phenoxy) is 2. The number of benzene rings is 3. The molecular formula is C23H23F2NO2. The summed E-state index contributed by atoms with van der Waals surface area (Å²) in [6.07, 6.45) is 0.821. The van der Waals surface area contributed by atoms with Gasteiger partial charge in [0.15, 0.2) is 11.5 Å². The lowest BCUT2D eigenvalue weighted by molar-refractivity contribution is 0.279. The molecule has 0 bridgehead atoms. The average molecular weight is 383 g/mol. The molecule has 0 spiro atoms. The van der Waals surface area contributed by atoms with Gasteiger partial charge in [0.2, 0.25) is 0 Å². The van der Waals surface area contributed by atoms with Crippen LogP contribution >= 0.6 is 0 Å². The van der Waals surface area contributed by atoms with Gasteiger partial charge in [0, 0.05) is 12.1 Å². The molecule has 3 rings (SSSR count). The first-order valence-corrected chi connectivity index (χ1v) is 9.14. The Kier molecular flexibility index (Phi) is 6.98. The molecular weight excluding hydrogens is 360 g/mol. The van der Waals surface area contributed by atoms with Crippen LogP contribution in [0.2, 0.25) is 0 Å². The molecule has 146 valence electrons. The maximum Gasteiger partial charge on any atom is 0.161 e. The average Bonchev–Trinajstić information content (AvgIpc) is 2.72. The topological polar surface area (TPSA) is 30.5 Å². The Morgan fingerprint density at radius 2 is 1.61 bits per heavy atom. The Bertz CT molecular complexity index is 897. The highest BCUT2D eigenvalue weighted by molar-refractivity contribution is 5.43. The lowest BCUT2D eigenvalue weighted by Gasteiger charge is -2.13. The molecule has 0 saturated carbocycles. The molecule has 0 radical (unpaired) electrons. The first-order valence-electron chi connectivity index (χ1n) is 9.14. The SMILES string of the molecule is COc1cc(CNCCc2ccc(F)cc2)ccc1OCc1ccccc1F. The van der Waals surface area contributed by atoms with Crippen LogP contribution in [0.15, 0.2) is 66.7 Å². The first-order chi connectivity index (χ1) is 13.7. The second-order valence-electron chi connectivity index (χ2n) is 6.42. The third-order valence-electron chi connectivity index (χ3n) is 4.40. The molecule has 3 aromatic carbocycles. The molecule has 0 aromatic heterocycles. The Morgan fingerprint density at radius 3 is 2.36 bits per heavy atom. The molecule has 28 heavy (non-hydrogen) atoms. The Hall–Kier alpha value is -2.92. The number of methoxy groups -OCH3 is 1. The van der Waals surface area contributed by atoms with E-state index in [1.165, 1.54) is 18.2 Å². The zero-order valence-electron chi connectivity index (χ0n) is 15.8. The maximum atomic E-state index is 13.7. The third kappa shape index (κ3) is 5.54. The van der Waals surface area contributed by atoms with Gasteiger partial charge in [-0.3, -0.25) is 0 Å². The summed E-state index contributed by atoms with van der Waals surface area (Å²) in [7, 11) is 1.58. The van der Waals surface area contributed by atoms with E-state index in [2.05, 4.69) is 5.32 Å². The van der Waals surface area contributed by atoms with Gasteiger partial charge in [-0.2, -0.15) is 0 Å². The molecule has 3 nitrogen and oxygen atoms in total. The van der Waals surface area contributed by atoms with Crippen LogP contribution in [0.5, 0.6) is 11.5 Å². The molecule has 0 aliphatic carbocycles. The molecule has 1 N–H and O–H groups in total. The van der Waals surface area contributed by atoms with E-state index in [4.69, 9.17) is 9.47 Å². The van der Waals surface area contributed by atoms with Gasteiger partial charge in [-0.05, 0) is 54.4 Å². The van der Waals surface area contributed by atoms with Crippen molar-refractivity contribution in [2.45, 2.75) is 19.6 Å². The normalized spacial score (nSPS) is 10.7. The summed E-state index contributed by atoms with van der Waals surface area (Å²) >= 11 is 0. The van der Waals surface area contributed by atoms with Gasteiger partial charge in [-0.1, -0.05) is 36.4 Å². The molecule has 5 heteroatoms. The molecule has 0 atom stereocenters. The van der Waals surface area contributed by atoms with Crippen LogP contribution in [0, 0.1) is 11.6 Å². The molecule has 0 aliphatic heterocycles. The minimum Gasteiger partial charge on any atom is -0.493 e. The zero-order chi connectivity index (χ0) is 19.8. The highest BCUT2D eigenvalue weighted by Gasteiger charge is 2.08. The van der Waals surface area contributed by atoms with E-state index in [0.717, 1.165) is 24.1 Å². The van der Waals surface area contributed by atoms with Crippen molar-refractivity contribution in [3.8, 4) is 11.5 Å². The maximum absolute atomic E-state index is 13.7. The van der Waals surface area contributed by atoms with Crippen molar-refractivity contribution in [1.29, 1.82) is 0 Å². The van der Waals surface area contributed by atoms with E-state index < -0.39 is 0 Å². The van der Waals surface area contributed by atoms with Gasteiger partial charge in [0.1, 0.15) is 18.2 Å². The van der Waals surface area contributed by atoms with E-state index >= 15 is 0 Å². The number of halogens is 2. The van der Waals surface area contributed by atoms with Crippen LogP contribution in [-0.4, -0.2) is 13.7 Å². The van der Waals surface area contributed by atoms with E-state index in [0.29, 0.717) is 23.6 Å². The van der Waals surface area contributed by atoms with Gasteiger partial charge in [-0.15, -0.1) is 0 Å². The fourth-order valence-electron chi connectivity index (χ4n) is 2.83. The summed E-state index contributed by atoms with van der Waals surface area (Å²) < 4.78 is 37.8. The van der Waals surface area contributed by atoms with Crippen molar-refractivity contribution in [3.63, 3.8) is 0 Å². The van der Waals surface area contributed by atoms with Gasteiger partial charge < -0.3 is 14.8 Å². The quantitative estimate of drug-likeness (QED) is 0.534. The summed E-state index contributed by atoms with van der Waals surface area (Å²) in [5.41, 5.74) is 2.63. The molecule has 0 aliphatic rings. The van der Waals surface area contributed by atoms with Crippen LogP contribution in [0.3, 0.4) is 0 Å². The van der Waals surface area contributed by atoms with Crippen LogP contribution in [0.1, 0.15) is 16.7 Å². The number of rotatable bonds is 9. The Balaban J connectivity index is 1.52. The van der Waals surface area contributed by atoms with Crippen LogP contribution in [0.4, 0.5) is 8.78 Å². The molecule has 0 unspecified atom stereocenters. The smallest absolute Gasteiger partial charge is 0.161 e. The molecule has 0 heterocycles. The lowest BCUT2D eigenvalue weighted by Crippen LogP contribution is -2.16.